The van der Waals surface area contributed by atoms with E-state index in [0.29, 0.717) is 11.7 Å². The predicted octanol–water partition coefficient (Wildman–Crippen LogP) is 1.89. The number of sulfonamides is 1. The Morgan fingerprint density at radius 3 is 2.72 bits per heavy atom. The molecule has 1 aliphatic carbocycles. The quantitative estimate of drug-likeness (QED) is 0.858. The molecule has 0 bridgehead atoms. The van der Waals surface area contributed by atoms with Gasteiger partial charge in [-0.1, -0.05) is 12.8 Å². The number of H-pyrrole nitrogens is 1. The number of aryl methyl sites for hydroxylation is 1. The number of nitrogens with one attached hydrogen (secondary N) is 2. The Labute approximate surface area is 108 Å². The van der Waals surface area contributed by atoms with Crippen LogP contribution < -0.4 is 4.72 Å². The molecule has 1 aromatic rings. The molecule has 0 unspecified atom stereocenters. The fraction of sp³-hybridized carbons (Fsp3) is 0.750. The summed E-state index contributed by atoms with van der Waals surface area (Å²) in [5.41, 5.74) is 0.937. The van der Waals surface area contributed by atoms with Crippen LogP contribution in [0.2, 0.25) is 0 Å². The molecule has 18 heavy (non-hydrogen) atoms. The van der Waals surface area contributed by atoms with Gasteiger partial charge in [-0.25, -0.2) is 18.1 Å². The number of aromatic amines is 1. The summed E-state index contributed by atoms with van der Waals surface area (Å²) >= 11 is 0. The van der Waals surface area contributed by atoms with Crippen molar-refractivity contribution in [1.82, 2.24) is 14.7 Å². The maximum atomic E-state index is 12.0. The summed E-state index contributed by atoms with van der Waals surface area (Å²) in [6.45, 7) is 3.71. The molecular formula is C12H21N3O2S. The van der Waals surface area contributed by atoms with Crippen molar-refractivity contribution < 1.29 is 8.42 Å². The average molecular weight is 271 g/mol. The SMILES string of the molecule is Cc1cnc([C@@H](C)NS(=O)(=O)CC2CCCC2)[nH]1. The van der Waals surface area contributed by atoms with Crippen molar-refractivity contribution in [3.63, 3.8) is 0 Å². The molecule has 0 saturated heterocycles. The third-order valence-electron chi connectivity index (χ3n) is 3.42. The molecule has 1 atom stereocenters. The Kier molecular flexibility index (Phi) is 4.07. The Balaban J connectivity index is 1.94. The highest BCUT2D eigenvalue weighted by atomic mass is 32.2. The van der Waals surface area contributed by atoms with Gasteiger partial charge in [0.25, 0.3) is 0 Å². The lowest BCUT2D eigenvalue weighted by molar-refractivity contribution is 0.533. The highest BCUT2D eigenvalue weighted by molar-refractivity contribution is 7.89. The molecular weight excluding hydrogens is 250 g/mol. The van der Waals surface area contributed by atoms with Crippen molar-refractivity contribution in [3.05, 3.63) is 17.7 Å². The minimum atomic E-state index is -3.21. The van der Waals surface area contributed by atoms with Crippen molar-refractivity contribution in [2.75, 3.05) is 5.75 Å². The summed E-state index contributed by atoms with van der Waals surface area (Å²) in [6, 6.07) is -0.301. The van der Waals surface area contributed by atoms with Crippen LogP contribution in [0.3, 0.4) is 0 Å². The maximum absolute atomic E-state index is 12.0. The molecule has 1 aromatic heterocycles. The summed E-state index contributed by atoms with van der Waals surface area (Å²) in [6.07, 6.45) is 6.10. The lowest BCUT2D eigenvalue weighted by Gasteiger charge is -2.14. The van der Waals surface area contributed by atoms with Gasteiger partial charge in [0, 0.05) is 11.9 Å². The van der Waals surface area contributed by atoms with Gasteiger partial charge >= 0.3 is 0 Å². The highest BCUT2D eigenvalue weighted by Crippen LogP contribution is 2.26. The molecule has 6 heteroatoms. The number of rotatable bonds is 5. The number of imidazole rings is 1. The molecule has 0 spiro atoms. The summed E-state index contributed by atoms with van der Waals surface area (Å²) in [7, 11) is -3.21. The number of hydrogen-bond donors (Lipinski definition) is 2. The number of aromatic nitrogens is 2. The highest BCUT2D eigenvalue weighted by Gasteiger charge is 2.24. The summed E-state index contributed by atoms with van der Waals surface area (Å²) < 4.78 is 26.7. The lowest BCUT2D eigenvalue weighted by atomic mass is 10.1. The van der Waals surface area contributed by atoms with E-state index >= 15 is 0 Å². The standard InChI is InChI=1S/C12H21N3O2S/c1-9-7-13-12(14-9)10(2)15-18(16,17)8-11-5-3-4-6-11/h7,10-11,15H,3-6,8H2,1-2H3,(H,13,14)/t10-/m1/s1. The lowest BCUT2D eigenvalue weighted by Crippen LogP contribution is -2.32. The van der Waals surface area contributed by atoms with Crippen LogP contribution in [-0.2, 0) is 10.0 Å². The molecule has 5 nitrogen and oxygen atoms in total. The van der Waals surface area contributed by atoms with E-state index in [-0.39, 0.29) is 11.8 Å². The molecule has 0 radical (unpaired) electrons. The predicted molar refractivity (Wildman–Crippen MR) is 70.6 cm³/mol. The van der Waals surface area contributed by atoms with E-state index in [4.69, 9.17) is 0 Å². The summed E-state index contributed by atoms with van der Waals surface area (Å²) in [5.74, 6) is 1.24. The van der Waals surface area contributed by atoms with Gasteiger partial charge in [0.1, 0.15) is 5.82 Å². The first-order valence-electron chi connectivity index (χ1n) is 6.48. The zero-order valence-electron chi connectivity index (χ0n) is 10.9. The first-order chi connectivity index (χ1) is 8.46. The zero-order valence-corrected chi connectivity index (χ0v) is 11.8. The smallest absolute Gasteiger partial charge is 0.212 e. The van der Waals surface area contributed by atoms with Crippen LogP contribution in [0, 0.1) is 12.8 Å². The normalized spacial score (nSPS) is 19.2. The second kappa shape index (κ2) is 5.40. The molecule has 1 saturated carbocycles. The van der Waals surface area contributed by atoms with E-state index in [0.717, 1.165) is 31.4 Å². The Hall–Kier alpha value is -0.880. The van der Waals surface area contributed by atoms with Gasteiger partial charge in [0.15, 0.2) is 0 Å². The molecule has 1 fully saturated rings. The van der Waals surface area contributed by atoms with E-state index < -0.39 is 10.0 Å². The van der Waals surface area contributed by atoms with Gasteiger partial charge in [0.2, 0.25) is 10.0 Å². The van der Waals surface area contributed by atoms with Crippen molar-refractivity contribution in [1.29, 1.82) is 0 Å². The number of hydrogen-bond acceptors (Lipinski definition) is 3. The van der Waals surface area contributed by atoms with Crippen LogP contribution >= 0.6 is 0 Å². The second-order valence-electron chi connectivity index (χ2n) is 5.22. The van der Waals surface area contributed by atoms with Gasteiger partial charge in [0.05, 0.1) is 11.8 Å². The van der Waals surface area contributed by atoms with E-state index in [9.17, 15) is 8.42 Å². The molecule has 1 aliphatic rings. The second-order valence-corrected chi connectivity index (χ2v) is 7.02. The van der Waals surface area contributed by atoms with Gasteiger partial charge in [-0.2, -0.15) is 0 Å². The summed E-state index contributed by atoms with van der Waals surface area (Å²) in [5, 5.41) is 0. The molecule has 0 aliphatic heterocycles. The fourth-order valence-corrected chi connectivity index (χ4v) is 4.21. The molecule has 2 rings (SSSR count). The van der Waals surface area contributed by atoms with Crippen molar-refractivity contribution >= 4 is 10.0 Å². The first kappa shape index (κ1) is 13.5. The molecule has 2 N–H and O–H groups in total. The molecule has 0 aromatic carbocycles. The summed E-state index contributed by atoms with van der Waals surface area (Å²) in [4.78, 5) is 7.20. The molecule has 0 amide bonds. The van der Waals surface area contributed by atoms with Crippen molar-refractivity contribution in [2.24, 2.45) is 5.92 Å². The van der Waals surface area contributed by atoms with Gasteiger partial charge in [-0.15, -0.1) is 0 Å². The van der Waals surface area contributed by atoms with E-state index in [2.05, 4.69) is 14.7 Å². The van der Waals surface area contributed by atoms with E-state index in [1.54, 1.807) is 6.20 Å². The van der Waals surface area contributed by atoms with Crippen LogP contribution in [0.25, 0.3) is 0 Å². The monoisotopic (exact) mass is 271 g/mol. The van der Waals surface area contributed by atoms with Gasteiger partial charge < -0.3 is 4.98 Å². The van der Waals surface area contributed by atoms with Crippen LogP contribution in [0.4, 0.5) is 0 Å². The largest absolute Gasteiger partial charge is 0.345 e. The topological polar surface area (TPSA) is 74.8 Å². The maximum Gasteiger partial charge on any atom is 0.212 e. The zero-order chi connectivity index (χ0) is 13.2. The minimum Gasteiger partial charge on any atom is -0.345 e. The van der Waals surface area contributed by atoms with E-state index in [1.165, 1.54) is 0 Å². The Morgan fingerprint density at radius 1 is 1.50 bits per heavy atom. The number of nitrogens with zero attached hydrogens (tertiary/aromatic N) is 1. The van der Waals surface area contributed by atoms with Crippen LogP contribution in [0.15, 0.2) is 6.20 Å². The van der Waals surface area contributed by atoms with Crippen molar-refractivity contribution in [2.45, 2.75) is 45.6 Å². The van der Waals surface area contributed by atoms with Gasteiger partial charge in [-0.3, -0.25) is 0 Å². The fourth-order valence-electron chi connectivity index (χ4n) is 2.51. The van der Waals surface area contributed by atoms with E-state index in [1.807, 2.05) is 13.8 Å². The van der Waals surface area contributed by atoms with Crippen LogP contribution in [0.1, 0.15) is 50.2 Å². The van der Waals surface area contributed by atoms with Crippen LogP contribution in [0.5, 0.6) is 0 Å². The Bertz CT molecular complexity index is 489. The van der Waals surface area contributed by atoms with Gasteiger partial charge in [-0.05, 0) is 32.6 Å². The molecule has 1 heterocycles. The third kappa shape index (κ3) is 3.55. The van der Waals surface area contributed by atoms with Crippen molar-refractivity contribution in [3.8, 4) is 0 Å². The molecule has 102 valence electrons. The Morgan fingerprint density at radius 2 is 2.17 bits per heavy atom. The first-order valence-corrected chi connectivity index (χ1v) is 8.13. The minimum absolute atomic E-state index is 0.247. The average Bonchev–Trinajstić information content (AvgIpc) is 2.87. The third-order valence-corrected chi connectivity index (χ3v) is 5.04. The van der Waals surface area contributed by atoms with Crippen LogP contribution in [-0.4, -0.2) is 24.1 Å².